The van der Waals surface area contributed by atoms with E-state index in [-0.39, 0.29) is 0 Å². The fourth-order valence-electron chi connectivity index (χ4n) is 1.04. The van der Waals surface area contributed by atoms with E-state index in [1.165, 1.54) is 0 Å². The van der Waals surface area contributed by atoms with E-state index in [0.29, 0.717) is 12.1 Å². The molecule has 0 heterocycles. The van der Waals surface area contributed by atoms with Gasteiger partial charge in [-0.3, -0.25) is 0 Å². The third-order valence-corrected chi connectivity index (χ3v) is 1.62. The Morgan fingerprint density at radius 3 is 2.44 bits per heavy atom. The molecule has 0 fully saturated rings. The second kappa shape index (κ2) is 4.82. The molecule has 0 spiro atoms. The smallest absolute Gasteiger partial charge is 0.387 e. The Kier molecular flexibility index (Phi) is 3.70. The summed E-state index contributed by atoms with van der Waals surface area (Å²) in [6.45, 7) is -3.30. The number of carbonyl (C=O) groups excluding carboxylic acids is 1. The molecule has 0 N–H and O–H groups in total. The van der Waals surface area contributed by atoms with Gasteiger partial charge in [0.25, 0.3) is 0 Å². The second-order valence-corrected chi connectivity index (χ2v) is 2.63. The van der Waals surface area contributed by atoms with Crippen LogP contribution in [0.4, 0.5) is 17.6 Å². The maximum absolute atomic E-state index is 13.1. The third-order valence-electron chi connectivity index (χ3n) is 1.62. The number of alkyl halides is 2. The molecular formula is C9H6F4O3. The summed E-state index contributed by atoms with van der Waals surface area (Å²) < 4.78 is 57.6. The van der Waals surface area contributed by atoms with Crippen LogP contribution in [-0.4, -0.2) is 19.7 Å². The van der Waals surface area contributed by atoms with Crippen LogP contribution in [0.2, 0.25) is 0 Å². The molecule has 0 saturated heterocycles. The van der Waals surface area contributed by atoms with E-state index < -0.39 is 35.5 Å². The van der Waals surface area contributed by atoms with Gasteiger partial charge < -0.3 is 9.47 Å². The molecule has 3 nitrogen and oxygen atoms in total. The van der Waals surface area contributed by atoms with Crippen LogP contribution in [-0.2, 0) is 4.74 Å². The summed E-state index contributed by atoms with van der Waals surface area (Å²) in [4.78, 5) is 11.0. The van der Waals surface area contributed by atoms with Crippen molar-refractivity contribution in [3.8, 4) is 5.75 Å². The van der Waals surface area contributed by atoms with Gasteiger partial charge >= 0.3 is 12.6 Å². The molecule has 0 radical (unpaired) electrons. The number of hydrogen-bond donors (Lipinski definition) is 0. The summed E-state index contributed by atoms with van der Waals surface area (Å²) in [6, 6.07) is 0.839. The Morgan fingerprint density at radius 1 is 1.31 bits per heavy atom. The summed E-state index contributed by atoms with van der Waals surface area (Å²) in [6.07, 6.45) is 0. The van der Waals surface area contributed by atoms with Crippen molar-refractivity contribution in [2.75, 3.05) is 7.11 Å². The SMILES string of the molecule is COC(=O)c1c(F)cc(F)cc1OC(F)F. The van der Waals surface area contributed by atoms with Gasteiger partial charge in [-0.2, -0.15) is 8.78 Å². The largest absolute Gasteiger partial charge is 0.465 e. The molecule has 7 heteroatoms. The number of benzene rings is 1. The Bertz CT molecular complexity index is 406. The van der Waals surface area contributed by atoms with Gasteiger partial charge in [0, 0.05) is 12.1 Å². The molecule has 0 aliphatic carbocycles. The lowest BCUT2D eigenvalue weighted by atomic mass is 10.2. The van der Waals surface area contributed by atoms with Crippen LogP contribution < -0.4 is 4.74 Å². The molecule has 88 valence electrons. The average molecular weight is 238 g/mol. The van der Waals surface area contributed by atoms with Crippen LogP contribution >= 0.6 is 0 Å². The number of hydrogen-bond acceptors (Lipinski definition) is 3. The summed E-state index contributed by atoms with van der Waals surface area (Å²) >= 11 is 0. The summed E-state index contributed by atoms with van der Waals surface area (Å²) in [5, 5.41) is 0. The normalized spacial score (nSPS) is 10.4. The Labute approximate surface area is 87.6 Å². The summed E-state index contributed by atoms with van der Waals surface area (Å²) in [5.74, 6) is -4.60. The number of rotatable bonds is 3. The Hall–Kier alpha value is -1.79. The first kappa shape index (κ1) is 12.3. The molecule has 0 atom stereocenters. The molecule has 0 aliphatic rings. The third kappa shape index (κ3) is 2.62. The van der Waals surface area contributed by atoms with Crippen LogP contribution in [0.25, 0.3) is 0 Å². The molecule has 0 aliphatic heterocycles. The van der Waals surface area contributed by atoms with Crippen LogP contribution in [0.5, 0.6) is 5.75 Å². The highest BCUT2D eigenvalue weighted by molar-refractivity contribution is 5.92. The molecule has 1 aromatic rings. The van der Waals surface area contributed by atoms with Gasteiger partial charge in [-0.1, -0.05) is 0 Å². The standard InChI is InChI=1S/C9H6F4O3/c1-15-8(14)7-5(11)2-4(10)3-6(7)16-9(12)13/h2-3,9H,1H3. The van der Waals surface area contributed by atoms with Gasteiger partial charge in [0.2, 0.25) is 0 Å². The zero-order valence-corrected chi connectivity index (χ0v) is 7.97. The van der Waals surface area contributed by atoms with Crippen molar-refractivity contribution in [1.29, 1.82) is 0 Å². The highest BCUT2D eigenvalue weighted by Gasteiger charge is 2.22. The average Bonchev–Trinajstić information content (AvgIpc) is 2.14. The van der Waals surface area contributed by atoms with E-state index in [0.717, 1.165) is 7.11 Å². The highest BCUT2D eigenvalue weighted by atomic mass is 19.3. The molecule has 0 unspecified atom stereocenters. The second-order valence-electron chi connectivity index (χ2n) is 2.63. The van der Waals surface area contributed by atoms with Crippen LogP contribution in [0.15, 0.2) is 12.1 Å². The molecule has 16 heavy (non-hydrogen) atoms. The number of methoxy groups -OCH3 is 1. The molecule has 1 rings (SSSR count). The topological polar surface area (TPSA) is 35.5 Å². The summed E-state index contributed by atoms with van der Waals surface area (Å²) in [7, 11) is 0.928. The summed E-state index contributed by atoms with van der Waals surface area (Å²) in [5.41, 5.74) is -0.871. The van der Waals surface area contributed by atoms with Crippen molar-refractivity contribution in [1.82, 2.24) is 0 Å². The van der Waals surface area contributed by atoms with E-state index in [1.54, 1.807) is 0 Å². The molecule has 0 amide bonds. The van der Waals surface area contributed by atoms with Crippen molar-refractivity contribution >= 4 is 5.97 Å². The Morgan fingerprint density at radius 2 is 1.94 bits per heavy atom. The van der Waals surface area contributed by atoms with Crippen LogP contribution in [0.3, 0.4) is 0 Å². The van der Waals surface area contributed by atoms with E-state index in [9.17, 15) is 22.4 Å². The van der Waals surface area contributed by atoms with Gasteiger partial charge in [0.1, 0.15) is 22.9 Å². The van der Waals surface area contributed by atoms with E-state index in [2.05, 4.69) is 9.47 Å². The predicted molar refractivity (Wildman–Crippen MR) is 44.3 cm³/mol. The minimum Gasteiger partial charge on any atom is -0.465 e. The fourth-order valence-corrected chi connectivity index (χ4v) is 1.04. The monoisotopic (exact) mass is 238 g/mol. The van der Waals surface area contributed by atoms with E-state index in [1.807, 2.05) is 0 Å². The maximum atomic E-state index is 13.1. The number of esters is 1. The van der Waals surface area contributed by atoms with Crippen LogP contribution in [0.1, 0.15) is 10.4 Å². The van der Waals surface area contributed by atoms with Gasteiger partial charge in [-0.25, -0.2) is 13.6 Å². The Balaban J connectivity index is 3.26. The first-order valence-electron chi connectivity index (χ1n) is 3.98. The number of ether oxygens (including phenoxy) is 2. The van der Waals surface area contributed by atoms with Crippen molar-refractivity contribution < 1.29 is 31.8 Å². The quantitative estimate of drug-likeness (QED) is 0.599. The van der Waals surface area contributed by atoms with Gasteiger partial charge in [-0.15, -0.1) is 0 Å². The predicted octanol–water partition coefficient (Wildman–Crippen LogP) is 2.35. The molecule has 0 saturated carbocycles. The van der Waals surface area contributed by atoms with Gasteiger partial charge in [-0.05, 0) is 0 Å². The van der Waals surface area contributed by atoms with Gasteiger partial charge in [0.15, 0.2) is 0 Å². The highest BCUT2D eigenvalue weighted by Crippen LogP contribution is 2.25. The number of carbonyl (C=O) groups is 1. The first-order valence-corrected chi connectivity index (χ1v) is 3.98. The molecule has 0 aromatic heterocycles. The van der Waals surface area contributed by atoms with Crippen molar-refractivity contribution in [2.24, 2.45) is 0 Å². The van der Waals surface area contributed by atoms with Crippen LogP contribution in [0, 0.1) is 11.6 Å². The lowest BCUT2D eigenvalue weighted by Gasteiger charge is -2.09. The molecule has 1 aromatic carbocycles. The maximum Gasteiger partial charge on any atom is 0.387 e. The number of halogens is 4. The molecule has 0 bridgehead atoms. The zero-order chi connectivity index (χ0) is 12.3. The van der Waals surface area contributed by atoms with E-state index >= 15 is 0 Å². The van der Waals surface area contributed by atoms with E-state index in [4.69, 9.17) is 0 Å². The minimum atomic E-state index is -3.30. The first-order chi connectivity index (χ1) is 7.45. The minimum absolute atomic E-state index is 0.366. The zero-order valence-electron chi connectivity index (χ0n) is 7.97. The fraction of sp³-hybridized carbons (Fsp3) is 0.222. The lowest BCUT2D eigenvalue weighted by Crippen LogP contribution is -2.11. The molecular weight excluding hydrogens is 232 g/mol. The lowest BCUT2D eigenvalue weighted by molar-refractivity contribution is -0.0507. The van der Waals surface area contributed by atoms with Crippen molar-refractivity contribution in [3.63, 3.8) is 0 Å². The van der Waals surface area contributed by atoms with Gasteiger partial charge in [0.05, 0.1) is 7.11 Å². The van der Waals surface area contributed by atoms with Crippen molar-refractivity contribution in [2.45, 2.75) is 6.61 Å². The van der Waals surface area contributed by atoms with Crippen molar-refractivity contribution in [3.05, 3.63) is 29.3 Å².